The average molecular weight is 453 g/mol. The van der Waals surface area contributed by atoms with E-state index in [1.165, 1.54) is 5.56 Å². The lowest BCUT2D eigenvalue weighted by Gasteiger charge is -2.32. The van der Waals surface area contributed by atoms with Crippen LogP contribution in [0.4, 0.5) is 5.95 Å². The van der Waals surface area contributed by atoms with Crippen LogP contribution < -0.4 is 10.2 Å². The summed E-state index contributed by atoms with van der Waals surface area (Å²) in [7, 11) is 0. The van der Waals surface area contributed by atoms with Gasteiger partial charge in [0, 0.05) is 36.3 Å². The van der Waals surface area contributed by atoms with E-state index in [-0.39, 0.29) is 17.9 Å². The highest BCUT2D eigenvalue weighted by Gasteiger charge is 2.30. The maximum absolute atomic E-state index is 12.7. The fourth-order valence-corrected chi connectivity index (χ4v) is 4.89. The molecule has 2 fully saturated rings. The lowest BCUT2D eigenvalue weighted by atomic mass is 9.95. The van der Waals surface area contributed by atoms with Crippen molar-refractivity contribution in [3.8, 4) is 5.69 Å². The lowest BCUT2D eigenvalue weighted by molar-refractivity contribution is -0.126. The van der Waals surface area contributed by atoms with E-state index in [4.69, 9.17) is 21.3 Å². The number of hydrogen-bond acceptors (Lipinski definition) is 4. The molecular weight excluding hydrogens is 424 g/mol. The summed E-state index contributed by atoms with van der Waals surface area (Å²) in [5, 5.41) is 3.89. The van der Waals surface area contributed by atoms with Crippen molar-refractivity contribution in [3.63, 3.8) is 0 Å². The number of nitrogens with one attached hydrogen (secondary N) is 1. The van der Waals surface area contributed by atoms with E-state index < -0.39 is 0 Å². The molecule has 1 amide bonds. The molecule has 3 heterocycles. The molecular formula is C25H29ClN4O2. The summed E-state index contributed by atoms with van der Waals surface area (Å²) in [5.41, 5.74) is 5.26. The van der Waals surface area contributed by atoms with E-state index in [2.05, 4.69) is 52.0 Å². The standard InChI is InChI=1S/C25H29ClN4O2/c1-16-4-3-5-20(12-16)30-23-13-17(2)21(26)14-22(23)28-25(30)29-9-6-18(7-10-29)24(31)27-19-8-11-32-15-19/h3-5,12-14,18-19H,6-11,15H2,1-2H3,(H,27,31). The zero-order valence-corrected chi connectivity index (χ0v) is 19.4. The van der Waals surface area contributed by atoms with Crippen molar-refractivity contribution >= 4 is 34.5 Å². The molecule has 1 aromatic heterocycles. The molecule has 0 radical (unpaired) electrons. The number of aromatic nitrogens is 2. The number of benzene rings is 2. The van der Waals surface area contributed by atoms with Crippen LogP contribution in [0.15, 0.2) is 36.4 Å². The Balaban J connectivity index is 1.43. The minimum Gasteiger partial charge on any atom is -0.379 e. The van der Waals surface area contributed by atoms with Gasteiger partial charge in [-0.3, -0.25) is 9.36 Å². The number of carbonyl (C=O) groups excluding carboxylic acids is 1. The highest BCUT2D eigenvalue weighted by molar-refractivity contribution is 6.32. The van der Waals surface area contributed by atoms with Crippen molar-refractivity contribution in [2.45, 2.75) is 39.2 Å². The molecule has 2 aliphatic heterocycles. The molecule has 6 nitrogen and oxygen atoms in total. The second-order valence-electron chi connectivity index (χ2n) is 9.01. The van der Waals surface area contributed by atoms with Gasteiger partial charge in [-0.05, 0) is 68.5 Å². The highest BCUT2D eigenvalue weighted by atomic mass is 35.5. The van der Waals surface area contributed by atoms with Crippen LogP contribution in [0.2, 0.25) is 5.02 Å². The largest absolute Gasteiger partial charge is 0.379 e. The molecule has 7 heteroatoms. The van der Waals surface area contributed by atoms with Gasteiger partial charge in [-0.1, -0.05) is 23.7 Å². The van der Waals surface area contributed by atoms with E-state index in [0.29, 0.717) is 6.61 Å². The van der Waals surface area contributed by atoms with Crippen molar-refractivity contribution < 1.29 is 9.53 Å². The molecule has 168 valence electrons. The number of amides is 1. The third-order valence-corrected chi connectivity index (χ3v) is 7.01. The Bertz CT molecular complexity index is 1140. The second-order valence-corrected chi connectivity index (χ2v) is 9.41. The molecule has 2 aromatic carbocycles. The van der Waals surface area contributed by atoms with Crippen LogP contribution >= 0.6 is 11.6 Å². The summed E-state index contributed by atoms with van der Waals surface area (Å²) >= 11 is 6.41. The van der Waals surface area contributed by atoms with Crippen molar-refractivity contribution in [2.24, 2.45) is 5.92 Å². The van der Waals surface area contributed by atoms with E-state index in [1.807, 2.05) is 13.0 Å². The number of aryl methyl sites for hydroxylation is 2. The van der Waals surface area contributed by atoms with E-state index in [0.717, 1.165) is 72.2 Å². The van der Waals surface area contributed by atoms with Crippen LogP contribution in [0.1, 0.15) is 30.4 Å². The normalized spacial score (nSPS) is 19.6. The monoisotopic (exact) mass is 452 g/mol. The topological polar surface area (TPSA) is 59.4 Å². The predicted octanol–water partition coefficient (Wildman–Crippen LogP) is 4.42. The van der Waals surface area contributed by atoms with Crippen molar-refractivity contribution in [3.05, 3.63) is 52.5 Å². The van der Waals surface area contributed by atoms with Gasteiger partial charge in [-0.25, -0.2) is 4.98 Å². The Labute approximate surface area is 193 Å². The summed E-state index contributed by atoms with van der Waals surface area (Å²) < 4.78 is 7.61. The summed E-state index contributed by atoms with van der Waals surface area (Å²) in [5.74, 6) is 1.12. The maximum Gasteiger partial charge on any atom is 0.223 e. The van der Waals surface area contributed by atoms with Crippen molar-refractivity contribution in [1.29, 1.82) is 0 Å². The summed E-state index contributed by atoms with van der Waals surface area (Å²) in [6.45, 7) is 7.08. The van der Waals surface area contributed by atoms with Gasteiger partial charge >= 0.3 is 0 Å². The van der Waals surface area contributed by atoms with Gasteiger partial charge in [0.25, 0.3) is 0 Å². The molecule has 1 atom stereocenters. The Morgan fingerprint density at radius 2 is 1.97 bits per heavy atom. The quantitative estimate of drug-likeness (QED) is 0.636. The van der Waals surface area contributed by atoms with Crippen LogP contribution in [0.25, 0.3) is 16.7 Å². The van der Waals surface area contributed by atoms with Gasteiger partial charge in [0.15, 0.2) is 0 Å². The molecule has 0 spiro atoms. The van der Waals surface area contributed by atoms with Crippen molar-refractivity contribution in [2.75, 3.05) is 31.2 Å². The van der Waals surface area contributed by atoms with Gasteiger partial charge in [-0.2, -0.15) is 0 Å². The number of nitrogens with zero attached hydrogens (tertiary/aromatic N) is 3. The molecule has 0 saturated carbocycles. The molecule has 2 saturated heterocycles. The Kier molecular flexibility index (Phi) is 5.82. The first-order chi connectivity index (χ1) is 15.5. The number of anilines is 1. The zero-order valence-electron chi connectivity index (χ0n) is 18.6. The van der Waals surface area contributed by atoms with Gasteiger partial charge in [0.05, 0.1) is 23.7 Å². The molecule has 32 heavy (non-hydrogen) atoms. The number of halogens is 1. The summed E-state index contributed by atoms with van der Waals surface area (Å²) in [6.07, 6.45) is 2.54. The van der Waals surface area contributed by atoms with E-state index in [1.54, 1.807) is 0 Å². The number of ether oxygens (including phenoxy) is 1. The predicted molar refractivity (Wildman–Crippen MR) is 128 cm³/mol. The minimum atomic E-state index is 0.0420. The number of hydrogen-bond donors (Lipinski definition) is 1. The molecule has 3 aromatic rings. The van der Waals surface area contributed by atoms with Crippen LogP contribution in [-0.4, -0.2) is 47.8 Å². The molecule has 5 rings (SSSR count). The Morgan fingerprint density at radius 3 is 2.69 bits per heavy atom. The fraction of sp³-hybridized carbons (Fsp3) is 0.440. The molecule has 0 bridgehead atoms. The van der Waals surface area contributed by atoms with Gasteiger partial charge in [0.1, 0.15) is 0 Å². The third-order valence-electron chi connectivity index (χ3n) is 6.60. The lowest BCUT2D eigenvalue weighted by Crippen LogP contribution is -2.44. The zero-order chi connectivity index (χ0) is 22.2. The van der Waals surface area contributed by atoms with Gasteiger partial charge < -0.3 is 15.0 Å². The number of carbonyl (C=O) groups is 1. The number of piperidine rings is 1. The number of fused-ring (bicyclic) bond motifs is 1. The van der Waals surface area contributed by atoms with Crippen molar-refractivity contribution in [1.82, 2.24) is 14.9 Å². The summed E-state index contributed by atoms with van der Waals surface area (Å²) in [4.78, 5) is 20.0. The average Bonchev–Trinajstić information content (AvgIpc) is 3.42. The third kappa shape index (κ3) is 4.09. The first-order valence-corrected chi connectivity index (χ1v) is 11.8. The highest BCUT2D eigenvalue weighted by Crippen LogP contribution is 2.33. The van der Waals surface area contributed by atoms with Gasteiger partial charge in [-0.15, -0.1) is 0 Å². The number of imidazole rings is 1. The van der Waals surface area contributed by atoms with Crippen LogP contribution in [-0.2, 0) is 9.53 Å². The van der Waals surface area contributed by atoms with E-state index in [9.17, 15) is 4.79 Å². The molecule has 2 aliphatic rings. The molecule has 1 unspecified atom stereocenters. The molecule has 0 aliphatic carbocycles. The number of rotatable bonds is 4. The van der Waals surface area contributed by atoms with Crippen LogP contribution in [0.3, 0.4) is 0 Å². The maximum atomic E-state index is 12.7. The first-order valence-electron chi connectivity index (χ1n) is 11.4. The smallest absolute Gasteiger partial charge is 0.223 e. The fourth-order valence-electron chi connectivity index (χ4n) is 4.73. The Hall–Kier alpha value is -2.57. The first kappa shape index (κ1) is 21.3. The Morgan fingerprint density at radius 1 is 1.16 bits per heavy atom. The summed E-state index contributed by atoms with van der Waals surface area (Å²) in [6, 6.07) is 12.7. The minimum absolute atomic E-state index is 0.0420. The van der Waals surface area contributed by atoms with Crippen LogP contribution in [0.5, 0.6) is 0 Å². The SMILES string of the molecule is Cc1cccc(-n2c(N3CCC(C(=O)NC4CCOC4)CC3)nc3cc(Cl)c(C)cc32)c1. The molecule has 1 N–H and O–H groups in total. The van der Waals surface area contributed by atoms with Crippen LogP contribution in [0, 0.1) is 19.8 Å². The second kappa shape index (κ2) is 8.75. The van der Waals surface area contributed by atoms with Gasteiger partial charge in [0.2, 0.25) is 11.9 Å². The van der Waals surface area contributed by atoms with E-state index >= 15 is 0 Å².